The lowest BCUT2D eigenvalue weighted by molar-refractivity contribution is -0.136. The van der Waals surface area contributed by atoms with E-state index in [0.29, 0.717) is 25.7 Å². The van der Waals surface area contributed by atoms with E-state index in [-0.39, 0.29) is 30.5 Å². The number of allylic oxidation sites excluding steroid dienone is 6. The predicted molar refractivity (Wildman–Crippen MR) is 106 cm³/mol. The Morgan fingerprint density at radius 1 is 1.19 bits per heavy atom. The summed E-state index contributed by atoms with van der Waals surface area (Å²) in [4.78, 5) is 22.5. The number of hydrogen-bond acceptors (Lipinski definition) is 4. The van der Waals surface area contributed by atoms with Gasteiger partial charge in [-0.15, -0.1) is 0 Å². The van der Waals surface area contributed by atoms with Crippen molar-refractivity contribution in [3.05, 3.63) is 48.6 Å². The second kappa shape index (κ2) is 13.2. The van der Waals surface area contributed by atoms with Crippen LogP contribution in [0.3, 0.4) is 0 Å². The molecule has 0 aromatic carbocycles. The number of Topliss-reactive ketones (excluding diaryl/α,β-unsaturated/α-hetero) is 1. The molecule has 0 saturated heterocycles. The highest BCUT2D eigenvalue weighted by Gasteiger charge is 2.39. The Morgan fingerprint density at radius 2 is 1.93 bits per heavy atom. The lowest BCUT2D eigenvalue weighted by atomic mass is 9.90. The minimum Gasteiger partial charge on any atom is -0.481 e. The molecular formula is C22H32O5. The normalized spacial score (nSPS) is 24.9. The van der Waals surface area contributed by atoms with Gasteiger partial charge in [0.1, 0.15) is 5.78 Å². The SMILES string of the molecule is CC/C=C\C[C@H]1[C@H](O)CC(=O)[C@H]1/C=C/[C@@H](O)C/C=C\C/C=C\CCC(=O)O. The minimum absolute atomic E-state index is 0.0305. The van der Waals surface area contributed by atoms with Crippen molar-refractivity contribution in [3.8, 4) is 0 Å². The molecule has 27 heavy (non-hydrogen) atoms. The van der Waals surface area contributed by atoms with Gasteiger partial charge in [0.25, 0.3) is 0 Å². The van der Waals surface area contributed by atoms with Crippen molar-refractivity contribution in [1.29, 1.82) is 0 Å². The molecule has 0 heterocycles. The minimum atomic E-state index is -0.804. The van der Waals surface area contributed by atoms with Crippen LogP contribution >= 0.6 is 0 Å². The summed E-state index contributed by atoms with van der Waals surface area (Å²) in [5, 5.41) is 28.7. The van der Waals surface area contributed by atoms with Gasteiger partial charge in [-0.2, -0.15) is 0 Å². The monoisotopic (exact) mass is 376 g/mol. The predicted octanol–water partition coefficient (Wildman–Crippen LogP) is 3.58. The summed E-state index contributed by atoms with van der Waals surface area (Å²) in [6, 6.07) is 0. The molecule has 1 saturated carbocycles. The first-order chi connectivity index (χ1) is 13.0. The number of rotatable bonds is 12. The molecule has 0 bridgehead atoms. The van der Waals surface area contributed by atoms with Crippen LogP contribution in [0.4, 0.5) is 0 Å². The van der Waals surface area contributed by atoms with Crippen molar-refractivity contribution < 1.29 is 24.9 Å². The van der Waals surface area contributed by atoms with E-state index >= 15 is 0 Å². The molecular weight excluding hydrogens is 344 g/mol. The molecule has 0 aromatic heterocycles. The van der Waals surface area contributed by atoms with Gasteiger partial charge in [0, 0.05) is 24.7 Å². The average molecular weight is 376 g/mol. The van der Waals surface area contributed by atoms with Gasteiger partial charge in [-0.1, -0.05) is 55.5 Å². The van der Waals surface area contributed by atoms with E-state index in [1.165, 1.54) is 0 Å². The molecule has 0 aliphatic heterocycles. The first kappa shape index (κ1) is 23.1. The lowest BCUT2D eigenvalue weighted by Crippen LogP contribution is -2.19. The molecule has 5 heteroatoms. The maximum absolute atomic E-state index is 12.1. The van der Waals surface area contributed by atoms with Gasteiger partial charge in [0.05, 0.1) is 12.2 Å². The van der Waals surface area contributed by atoms with Gasteiger partial charge in [0.15, 0.2) is 0 Å². The van der Waals surface area contributed by atoms with E-state index in [4.69, 9.17) is 5.11 Å². The van der Waals surface area contributed by atoms with Crippen LogP contribution < -0.4 is 0 Å². The summed E-state index contributed by atoms with van der Waals surface area (Å²) >= 11 is 0. The summed E-state index contributed by atoms with van der Waals surface area (Å²) < 4.78 is 0. The Labute approximate surface area is 161 Å². The molecule has 1 rings (SSSR count). The molecule has 0 spiro atoms. The number of carboxylic acid groups (broad SMARTS) is 1. The fraction of sp³-hybridized carbons (Fsp3) is 0.545. The number of carboxylic acids is 1. The van der Waals surface area contributed by atoms with Crippen LogP contribution in [0.25, 0.3) is 0 Å². The Kier molecular flexibility index (Phi) is 11.3. The quantitative estimate of drug-likeness (QED) is 0.453. The molecule has 0 aromatic rings. The maximum Gasteiger partial charge on any atom is 0.303 e. The summed E-state index contributed by atoms with van der Waals surface area (Å²) in [6.07, 6.45) is 17.2. The number of aliphatic hydroxyl groups is 2. The van der Waals surface area contributed by atoms with Crippen molar-refractivity contribution in [1.82, 2.24) is 0 Å². The largest absolute Gasteiger partial charge is 0.481 e. The number of aliphatic carboxylic acids is 1. The van der Waals surface area contributed by atoms with E-state index in [0.717, 1.165) is 6.42 Å². The van der Waals surface area contributed by atoms with Crippen LogP contribution in [-0.2, 0) is 9.59 Å². The third kappa shape index (κ3) is 9.50. The molecule has 0 unspecified atom stereocenters. The molecule has 0 amide bonds. The molecule has 4 atom stereocenters. The first-order valence-corrected chi connectivity index (χ1v) is 9.69. The molecule has 1 fully saturated rings. The second-order valence-corrected chi connectivity index (χ2v) is 6.84. The molecule has 3 N–H and O–H groups in total. The van der Waals surface area contributed by atoms with Crippen molar-refractivity contribution in [2.24, 2.45) is 11.8 Å². The van der Waals surface area contributed by atoms with Crippen molar-refractivity contribution in [3.63, 3.8) is 0 Å². The molecule has 1 aliphatic carbocycles. The zero-order valence-corrected chi connectivity index (χ0v) is 16.0. The first-order valence-electron chi connectivity index (χ1n) is 9.69. The standard InChI is InChI=1S/C22H32O5/c1-2-3-8-12-18-19(21(25)16-20(18)24)15-14-17(23)11-9-6-4-5-7-10-13-22(26)27/h3,5-9,14-15,17-20,23-24H,2,4,10-13,16H2,1H3,(H,26,27)/b7-5-,8-3-,9-6-,15-14+/t17-,18+,19-,20+/m0/s1. The third-order valence-corrected chi connectivity index (χ3v) is 4.60. The van der Waals surface area contributed by atoms with Crippen LogP contribution in [0.1, 0.15) is 51.9 Å². The summed E-state index contributed by atoms with van der Waals surface area (Å²) in [6.45, 7) is 2.04. The van der Waals surface area contributed by atoms with Crippen LogP contribution in [-0.4, -0.2) is 39.3 Å². The fourth-order valence-corrected chi connectivity index (χ4v) is 3.10. The topological polar surface area (TPSA) is 94.8 Å². The van der Waals surface area contributed by atoms with Gasteiger partial charge in [-0.3, -0.25) is 9.59 Å². The Morgan fingerprint density at radius 3 is 2.63 bits per heavy atom. The van der Waals surface area contributed by atoms with Crippen LogP contribution in [0.2, 0.25) is 0 Å². The molecule has 5 nitrogen and oxygen atoms in total. The van der Waals surface area contributed by atoms with Gasteiger partial charge in [0.2, 0.25) is 0 Å². The van der Waals surface area contributed by atoms with E-state index in [2.05, 4.69) is 0 Å². The van der Waals surface area contributed by atoms with E-state index < -0.39 is 18.2 Å². The Bertz CT molecular complexity index is 573. The van der Waals surface area contributed by atoms with E-state index in [1.54, 1.807) is 12.2 Å². The fourth-order valence-electron chi connectivity index (χ4n) is 3.10. The average Bonchev–Trinajstić information content (AvgIpc) is 2.88. The van der Waals surface area contributed by atoms with Gasteiger partial charge < -0.3 is 15.3 Å². The van der Waals surface area contributed by atoms with Crippen LogP contribution in [0, 0.1) is 11.8 Å². The number of hydrogen-bond donors (Lipinski definition) is 3. The maximum atomic E-state index is 12.1. The van der Waals surface area contributed by atoms with E-state index in [9.17, 15) is 19.8 Å². The van der Waals surface area contributed by atoms with E-state index in [1.807, 2.05) is 43.4 Å². The molecule has 1 aliphatic rings. The Hall–Kier alpha value is -1.98. The van der Waals surface area contributed by atoms with Crippen LogP contribution in [0.5, 0.6) is 0 Å². The zero-order valence-electron chi connectivity index (χ0n) is 16.0. The van der Waals surface area contributed by atoms with Gasteiger partial charge in [-0.25, -0.2) is 0 Å². The summed E-state index contributed by atoms with van der Waals surface area (Å²) in [5.74, 6) is -1.22. The number of aliphatic hydroxyl groups excluding tert-OH is 2. The zero-order chi connectivity index (χ0) is 20.1. The molecule has 150 valence electrons. The number of carbonyl (C=O) groups is 2. The second-order valence-electron chi connectivity index (χ2n) is 6.84. The smallest absolute Gasteiger partial charge is 0.303 e. The highest BCUT2D eigenvalue weighted by Crippen LogP contribution is 2.33. The van der Waals surface area contributed by atoms with Gasteiger partial charge in [-0.05, 0) is 32.1 Å². The summed E-state index contributed by atoms with van der Waals surface area (Å²) in [5.41, 5.74) is 0. The van der Waals surface area contributed by atoms with Crippen molar-refractivity contribution in [2.45, 2.75) is 64.1 Å². The number of ketones is 1. The van der Waals surface area contributed by atoms with Crippen LogP contribution in [0.15, 0.2) is 48.6 Å². The highest BCUT2D eigenvalue weighted by molar-refractivity contribution is 5.86. The highest BCUT2D eigenvalue weighted by atomic mass is 16.4. The third-order valence-electron chi connectivity index (χ3n) is 4.60. The summed E-state index contributed by atoms with van der Waals surface area (Å²) in [7, 11) is 0. The lowest BCUT2D eigenvalue weighted by Gasteiger charge is -2.16. The molecule has 0 radical (unpaired) electrons. The van der Waals surface area contributed by atoms with Crippen molar-refractivity contribution in [2.75, 3.05) is 0 Å². The van der Waals surface area contributed by atoms with Crippen molar-refractivity contribution >= 4 is 11.8 Å². The number of carbonyl (C=O) groups excluding carboxylic acids is 1. The Balaban J connectivity index is 2.40. The van der Waals surface area contributed by atoms with Gasteiger partial charge >= 0.3 is 5.97 Å².